The number of halogens is 1. The van der Waals surface area contributed by atoms with Gasteiger partial charge in [-0.15, -0.1) is 0 Å². The number of amides is 1. The van der Waals surface area contributed by atoms with Crippen molar-refractivity contribution in [3.8, 4) is 17.2 Å². The normalized spacial score (nSPS) is 19.2. The van der Waals surface area contributed by atoms with Crippen molar-refractivity contribution in [2.24, 2.45) is 6.98 Å². The summed E-state index contributed by atoms with van der Waals surface area (Å²) >= 11 is 0. The second-order valence-electron chi connectivity index (χ2n) is 7.50. The van der Waals surface area contributed by atoms with E-state index < -0.39 is 36.6 Å². The second-order valence-corrected chi connectivity index (χ2v) is 7.50. The Labute approximate surface area is 187 Å². The fourth-order valence-electron chi connectivity index (χ4n) is 3.59. The number of benzene rings is 2. The molecule has 1 saturated heterocycles. The molecule has 2 aromatic carbocycles. The minimum atomic E-state index is -2.73. The van der Waals surface area contributed by atoms with Gasteiger partial charge in [-0.2, -0.15) is 5.26 Å². The van der Waals surface area contributed by atoms with Crippen molar-refractivity contribution in [1.29, 1.82) is 5.26 Å². The van der Waals surface area contributed by atoms with Crippen LogP contribution in [0.15, 0.2) is 45.6 Å². The summed E-state index contributed by atoms with van der Waals surface area (Å²) in [7, 11) is 0. The molecule has 4 rings (SSSR count). The van der Waals surface area contributed by atoms with E-state index in [2.05, 4.69) is 10.6 Å². The van der Waals surface area contributed by atoms with Gasteiger partial charge in [0.15, 0.2) is 5.58 Å². The third-order valence-corrected chi connectivity index (χ3v) is 5.30. The van der Waals surface area contributed by atoms with Crippen LogP contribution in [-0.2, 0) is 22.9 Å². The molecule has 0 radical (unpaired) electrons. The van der Waals surface area contributed by atoms with Crippen LogP contribution in [0.25, 0.3) is 22.2 Å². The number of carbonyl (C=O) groups is 1. The number of aryl methyl sites for hydroxylation is 1. The van der Waals surface area contributed by atoms with Crippen molar-refractivity contribution in [2.45, 2.75) is 25.0 Å². The molecule has 2 atom stereocenters. The zero-order valence-electron chi connectivity index (χ0n) is 20.1. The highest BCUT2D eigenvalue weighted by molar-refractivity contribution is 5.82. The fourth-order valence-corrected chi connectivity index (χ4v) is 3.59. The van der Waals surface area contributed by atoms with E-state index in [0.29, 0.717) is 28.8 Å². The molecule has 1 aliphatic heterocycles. The first-order valence-electron chi connectivity index (χ1n) is 11.6. The lowest BCUT2D eigenvalue weighted by Crippen LogP contribution is -2.46. The molecule has 1 aliphatic rings. The molecule has 0 unspecified atom stereocenters. The quantitative estimate of drug-likeness (QED) is 0.626. The molecule has 166 valence electrons. The Kier molecular flexibility index (Phi) is 5.29. The van der Waals surface area contributed by atoms with Crippen LogP contribution in [0.4, 0.5) is 4.39 Å². The largest absolute Gasteiger partial charge is 0.419 e. The molecule has 32 heavy (non-hydrogen) atoms. The smallest absolute Gasteiger partial charge is 0.408 e. The zero-order valence-corrected chi connectivity index (χ0v) is 17.1. The van der Waals surface area contributed by atoms with Gasteiger partial charge in [-0.05, 0) is 47.9 Å². The number of nitriles is 1. The van der Waals surface area contributed by atoms with E-state index >= 15 is 0 Å². The highest BCUT2D eigenvalue weighted by Crippen LogP contribution is 2.26. The van der Waals surface area contributed by atoms with E-state index in [1.165, 1.54) is 24.3 Å². The van der Waals surface area contributed by atoms with Gasteiger partial charge in [0.05, 0.1) is 11.6 Å². The predicted molar refractivity (Wildman–Crippen MR) is 115 cm³/mol. The first-order valence-corrected chi connectivity index (χ1v) is 10.1. The third kappa shape index (κ3) is 4.56. The predicted octanol–water partition coefficient (Wildman–Crippen LogP) is 1.87. The second kappa shape index (κ2) is 9.34. The number of carbonyl (C=O) groups excluding carboxylic acids is 1. The van der Waals surface area contributed by atoms with E-state index in [9.17, 15) is 19.2 Å². The van der Waals surface area contributed by atoms with E-state index in [1.807, 2.05) is 6.07 Å². The van der Waals surface area contributed by atoms with Crippen molar-refractivity contribution < 1.29 is 22.5 Å². The molecule has 9 heteroatoms. The van der Waals surface area contributed by atoms with Crippen LogP contribution >= 0.6 is 0 Å². The summed E-state index contributed by atoms with van der Waals surface area (Å²) in [6, 6.07) is 9.88. The minimum Gasteiger partial charge on any atom is -0.408 e. The third-order valence-electron chi connectivity index (χ3n) is 5.30. The minimum absolute atomic E-state index is 0.0478. The number of aromatic nitrogens is 1. The topological polar surface area (TPSA) is 109 Å². The van der Waals surface area contributed by atoms with Crippen LogP contribution in [0.5, 0.6) is 0 Å². The first kappa shape index (κ1) is 18.1. The van der Waals surface area contributed by atoms with Crippen LogP contribution in [0.3, 0.4) is 0 Å². The van der Waals surface area contributed by atoms with Crippen molar-refractivity contribution in [1.82, 2.24) is 15.2 Å². The summed E-state index contributed by atoms with van der Waals surface area (Å²) in [6.45, 7) is -1.22. The molecule has 2 N–H and O–H groups in total. The molecule has 1 fully saturated rings. The summed E-state index contributed by atoms with van der Waals surface area (Å²) in [4.78, 5) is 24.4. The average Bonchev–Trinajstić information content (AvgIpc) is 2.96. The van der Waals surface area contributed by atoms with Crippen molar-refractivity contribution >= 4 is 17.0 Å². The number of rotatable bonds is 5. The van der Waals surface area contributed by atoms with Crippen LogP contribution in [-0.4, -0.2) is 42.3 Å². The van der Waals surface area contributed by atoms with Gasteiger partial charge in [0.25, 0.3) is 5.91 Å². The number of fused-ring (bicyclic) bond motifs is 1. The highest BCUT2D eigenvalue weighted by atomic mass is 19.1. The van der Waals surface area contributed by atoms with Gasteiger partial charge in [0.1, 0.15) is 18.0 Å². The Morgan fingerprint density at radius 3 is 3.00 bits per heavy atom. The summed E-state index contributed by atoms with van der Waals surface area (Å²) in [5.74, 6) is -2.03. The summed E-state index contributed by atoms with van der Waals surface area (Å²) in [5.41, 5.74) is 1.32. The van der Waals surface area contributed by atoms with Crippen molar-refractivity contribution in [3.05, 3.63) is 58.3 Å². The lowest BCUT2D eigenvalue weighted by atomic mass is 10.00. The van der Waals surface area contributed by atoms with Crippen LogP contribution in [0.1, 0.15) is 16.1 Å². The van der Waals surface area contributed by atoms with Crippen molar-refractivity contribution in [2.75, 3.05) is 19.7 Å². The molecule has 0 bridgehead atoms. The molecule has 0 saturated carbocycles. The van der Waals surface area contributed by atoms with Gasteiger partial charge in [0, 0.05) is 30.7 Å². The molecule has 2 heterocycles. The number of nitrogens with zero attached hydrogens (tertiary/aromatic N) is 2. The summed E-state index contributed by atoms with van der Waals surface area (Å²) in [6.07, 6.45) is 0.0178. The van der Waals surface area contributed by atoms with Crippen LogP contribution in [0, 0.1) is 17.1 Å². The number of nitrogens with one attached hydrogen (secondary N) is 2. The molecule has 8 nitrogen and oxygen atoms in total. The summed E-state index contributed by atoms with van der Waals surface area (Å²) in [5, 5.41) is 15.2. The van der Waals surface area contributed by atoms with Gasteiger partial charge in [0.2, 0.25) is 0 Å². The maximum Gasteiger partial charge on any atom is 0.419 e. The Bertz CT molecular complexity index is 1340. The molecule has 1 amide bonds. The lowest BCUT2D eigenvalue weighted by Gasteiger charge is -2.18. The van der Waals surface area contributed by atoms with Crippen molar-refractivity contribution in [3.63, 3.8) is 0 Å². The molecule has 0 aliphatic carbocycles. The van der Waals surface area contributed by atoms with Gasteiger partial charge < -0.3 is 19.8 Å². The Morgan fingerprint density at radius 2 is 2.22 bits per heavy atom. The maximum absolute atomic E-state index is 14.9. The number of oxazole rings is 1. The Balaban J connectivity index is 1.53. The monoisotopic (exact) mass is 441 g/mol. The summed E-state index contributed by atoms with van der Waals surface area (Å²) < 4.78 is 48.7. The molecular weight excluding hydrogens is 415 g/mol. The zero-order chi connectivity index (χ0) is 25.2. The van der Waals surface area contributed by atoms with E-state index in [0.717, 1.165) is 13.0 Å². The number of hydrogen-bond donors (Lipinski definition) is 2. The highest BCUT2D eigenvalue weighted by Gasteiger charge is 2.24. The number of ether oxygens (including phenoxy) is 1. The molecule has 1 aromatic heterocycles. The van der Waals surface area contributed by atoms with Gasteiger partial charge >= 0.3 is 5.76 Å². The maximum atomic E-state index is 14.9. The fraction of sp³-hybridized carbons (Fsp3) is 0.348. The Morgan fingerprint density at radius 1 is 1.41 bits per heavy atom. The van der Waals surface area contributed by atoms with Gasteiger partial charge in [-0.3, -0.25) is 9.36 Å². The van der Waals surface area contributed by atoms with Crippen LogP contribution in [0.2, 0.25) is 0 Å². The number of hydrogen-bond acceptors (Lipinski definition) is 6. The lowest BCUT2D eigenvalue weighted by molar-refractivity contribution is -0.132. The first-order chi connectivity index (χ1) is 16.7. The molecule has 0 spiro atoms. The molecule has 3 aromatic rings. The van der Waals surface area contributed by atoms with Gasteiger partial charge in [-0.1, -0.05) is 18.2 Å². The SMILES string of the molecule is [2H]C([2H])([2H])n1c(=O)oc2ccc(-c3ccc(C[C@@H](C#N)NC(=O)[C@@H]4CNCCCO4)c(F)c3)cc21. The van der Waals surface area contributed by atoms with Gasteiger partial charge in [-0.25, -0.2) is 9.18 Å². The van der Waals surface area contributed by atoms with E-state index in [4.69, 9.17) is 13.3 Å². The molecular formula is C23H23FN4O4. The van der Waals surface area contributed by atoms with E-state index in [1.54, 1.807) is 12.1 Å². The van der Waals surface area contributed by atoms with Crippen LogP contribution < -0.4 is 16.4 Å². The average molecular weight is 441 g/mol. The Hall–Kier alpha value is -3.48. The standard InChI is InChI=1S/C23H23FN4O4/c1-28-19-11-15(5-6-20(19)32-23(28)30)14-3-4-16(18(24)10-14)9-17(12-25)27-22(29)21-13-26-7-2-8-31-21/h3-6,10-11,17,21,26H,2,7-9,13H2,1H3,(H,27,29)/t17-,21-/m0/s1/i1D3. The van der Waals surface area contributed by atoms with E-state index in [-0.39, 0.29) is 23.1 Å².